The second-order valence-corrected chi connectivity index (χ2v) is 3.99. The first-order valence-electron chi connectivity index (χ1n) is 4.17. The molecule has 1 nitrogen and oxygen atoms in total. The molecule has 13 heavy (non-hydrogen) atoms. The van der Waals surface area contributed by atoms with Gasteiger partial charge in [-0.05, 0) is 18.1 Å². The highest BCUT2D eigenvalue weighted by Crippen LogP contribution is 2.39. The highest BCUT2D eigenvalue weighted by atomic mass is 35.5. The maximum Gasteiger partial charge on any atom is 0.140 e. The molecule has 0 spiro atoms. The van der Waals surface area contributed by atoms with Gasteiger partial charge >= 0.3 is 0 Å². The zero-order valence-electron chi connectivity index (χ0n) is 6.89. The van der Waals surface area contributed by atoms with Gasteiger partial charge in [0.1, 0.15) is 5.78 Å². The van der Waals surface area contributed by atoms with Gasteiger partial charge in [0, 0.05) is 12.3 Å². The van der Waals surface area contributed by atoms with Crippen LogP contribution in [-0.4, -0.2) is 5.78 Å². The molecular weight excluding hydrogens is 207 g/mol. The van der Waals surface area contributed by atoms with Gasteiger partial charge in [0.2, 0.25) is 0 Å². The summed E-state index contributed by atoms with van der Waals surface area (Å²) in [5.41, 5.74) is 0.880. The zero-order valence-corrected chi connectivity index (χ0v) is 8.40. The number of benzene rings is 1. The van der Waals surface area contributed by atoms with Gasteiger partial charge in [0.25, 0.3) is 0 Å². The van der Waals surface area contributed by atoms with Crippen LogP contribution in [0.2, 0.25) is 10.0 Å². The molecule has 1 unspecified atom stereocenters. The Bertz CT molecular complexity index is 360. The van der Waals surface area contributed by atoms with E-state index in [4.69, 9.17) is 23.2 Å². The fraction of sp³-hybridized carbons (Fsp3) is 0.300. The molecule has 1 aliphatic rings. The summed E-state index contributed by atoms with van der Waals surface area (Å²) < 4.78 is 0. The van der Waals surface area contributed by atoms with Gasteiger partial charge < -0.3 is 0 Å². The number of hydrogen-bond donors (Lipinski definition) is 0. The van der Waals surface area contributed by atoms with Crippen molar-refractivity contribution in [2.24, 2.45) is 0 Å². The molecule has 0 aromatic heterocycles. The fourth-order valence-corrected chi connectivity index (χ4v) is 1.96. The van der Waals surface area contributed by atoms with E-state index in [9.17, 15) is 4.79 Å². The SMILES string of the molecule is O=C1CCC1c1cccc(Cl)c1Cl. The molecule has 0 heterocycles. The first kappa shape index (κ1) is 9.04. The topological polar surface area (TPSA) is 17.1 Å². The molecule has 68 valence electrons. The number of carbonyl (C=O) groups is 1. The van der Waals surface area contributed by atoms with Crippen molar-refractivity contribution in [3.8, 4) is 0 Å². The summed E-state index contributed by atoms with van der Waals surface area (Å²) in [6.07, 6.45) is 1.58. The second kappa shape index (κ2) is 3.32. The van der Waals surface area contributed by atoms with E-state index in [1.54, 1.807) is 6.07 Å². The first-order valence-corrected chi connectivity index (χ1v) is 4.92. The fourth-order valence-electron chi connectivity index (χ4n) is 1.53. The average molecular weight is 215 g/mol. The number of halogens is 2. The molecule has 3 heteroatoms. The third-order valence-electron chi connectivity index (χ3n) is 2.42. The maximum absolute atomic E-state index is 11.2. The molecule has 0 amide bonds. The van der Waals surface area contributed by atoms with E-state index in [1.165, 1.54) is 0 Å². The average Bonchev–Trinajstić information content (AvgIpc) is 2.10. The van der Waals surface area contributed by atoms with Crippen LogP contribution in [0.3, 0.4) is 0 Å². The van der Waals surface area contributed by atoms with Gasteiger partial charge in [-0.2, -0.15) is 0 Å². The standard InChI is InChI=1S/C10H8Cl2O/c11-8-3-1-2-7(10(8)12)6-4-5-9(6)13/h1-3,6H,4-5H2. The number of carbonyl (C=O) groups excluding carboxylic acids is 1. The zero-order chi connectivity index (χ0) is 9.42. The number of ketones is 1. The largest absolute Gasteiger partial charge is 0.299 e. The van der Waals surface area contributed by atoms with Crippen LogP contribution < -0.4 is 0 Å². The van der Waals surface area contributed by atoms with E-state index >= 15 is 0 Å². The van der Waals surface area contributed by atoms with Crippen LogP contribution in [0.5, 0.6) is 0 Å². The van der Waals surface area contributed by atoms with Gasteiger partial charge in [0.05, 0.1) is 10.0 Å². The predicted octanol–water partition coefficient (Wildman–Crippen LogP) is 3.44. The van der Waals surface area contributed by atoms with E-state index < -0.39 is 0 Å². The molecule has 0 N–H and O–H groups in total. The Kier molecular flexibility index (Phi) is 2.31. The van der Waals surface area contributed by atoms with Crippen LogP contribution in [-0.2, 0) is 4.79 Å². The van der Waals surface area contributed by atoms with E-state index in [2.05, 4.69) is 0 Å². The summed E-state index contributed by atoms with van der Waals surface area (Å²) >= 11 is 11.8. The van der Waals surface area contributed by atoms with Crippen molar-refractivity contribution in [3.05, 3.63) is 33.8 Å². The summed E-state index contributed by atoms with van der Waals surface area (Å²) in [5.74, 6) is 0.260. The van der Waals surface area contributed by atoms with Crippen LogP contribution in [0, 0.1) is 0 Å². The second-order valence-electron chi connectivity index (χ2n) is 3.20. The van der Waals surface area contributed by atoms with Gasteiger partial charge in [-0.1, -0.05) is 35.3 Å². The lowest BCUT2D eigenvalue weighted by Gasteiger charge is -2.25. The molecule has 1 aromatic rings. The Morgan fingerprint density at radius 2 is 2.08 bits per heavy atom. The third-order valence-corrected chi connectivity index (χ3v) is 3.26. The molecular formula is C10H8Cl2O. The molecule has 1 saturated carbocycles. The molecule has 0 bridgehead atoms. The Morgan fingerprint density at radius 1 is 1.31 bits per heavy atom. The Morgan fingerprint density at radius 3 is 2.62 bits per heavy atom. The molecule has 1 atom stereocenters. The normalized spacial score (nSPS) is 21.4. The Labute approximate surface area is 86.7 Å². The van der Waals surface area contributed by atoms with Crippen molar-refractivity contribution in [2.75, 3.05) is 0 Å². The van der Waals surface area contributed by atoms with Crippen LogP contribution in [0.4, 0.5) is 0 Å². The molecule has 1 aromatic carbocycles. The van der Waals surface area contributed by atoms with Crippen LogP contribution >= 0.6 is 23.2 Å². The number of rotatable bonds is 1. The van der Waals surface area contributed by atoms with Gasteiger partial charge in [-0.25, -0.2) is 0 Å². The van der Waals surface area contributed by atoms with Crippen LogP contribution in [0.25, 0.3) is 0 Å². The van der Waals surface area contributed by atoms with E-state index in [0.29, 0.717) is 16.5 Å². The van der Waals surface area contributed by atoms with Crippen molar-refractivity contribution in [3.63, 3.8) is 0 Å². The summed E-state index contributed by atoms with van der Waals surface area (Å²) in [6, 6.07) is 5.43. The van der Waals surface area contributed by atoms with Gasteiger partial charge in [0.15, 0.2) is 0 Å². The molecule has 0 aliphatic heterocycles. The lowest BCUT2D eigenvalue weighted by atomic mass is 9.79. The van der Waals surface area contributed by atoms with Crippen LogP contribution in [0.15, 0.2) is 18.2 Å². The van der Waals surface area contributed by atoms with Gasteiger partial charge in [-0.15, -0.1) is 0 Å². The Hall–Kier alpha value is -0.530. The van der Waals surface area contributed by atoms with Crippen molar-refractivity contribution >= 4 is 29.0 Å². The lowest BCUT2D eigenvalue weighted by molar-refractivity contribution is -0.125. The number of hydrogen-bond acceptors (Lipinski definition) is 1. The molecule has 0 radical (unpaired) electrons. The first-order chi connectivity index (χ1) is 6.20. The van der Waals surface area contributed by atoms with Gasteiger partial charge in [-0.3, -0.25) is 4.79 Å². The lowest BCUT2D eigenvalue weighted by Crippen LogP contribution is -2.23. The minimum Gasteiger partial charge on any atom is -0.299 e. The van der Waals surface area contributed by atoms with E-state index in [0.717, 1.165) is 12.0 Å². The molecule has 0 saturated heterocycles. The van der Waals surface area contributed by atoms with Crippen molar-refractivity contribution < 1.29 is 4.79 Å². The minimum absolute atomic E-state index is 0.00815. The highest BCUT2D eigenvalue weighted by molar-refractivity contribution is 6.42. The smallest absolute Gasteiger partial charge is 0.140 e. The molecule has 1 fully saturated rings. The highest BCUT2D eigenvalue weighted by Gasteiger charge is 2.31. The Balaban J connectivity index is 2.40. The molecule has 1 aliphatic carbocycles. The van der Waals surface area contributed by atoms with Crippen molar-refractivity contribution in [1.29, 1.82) is 0 Å². The summed E-state index contributed by atoms with van der Waals surface area (Å²) in [5, 5.41) is 1.06. The minimum atomic E-state index is -0.00815. The monoisotopic (exact) mass is 214 g/mol. The van der Waals surface area contributed by atoms with Crippen LogP contribution in [0.1, 0.15) is 24.3 Å². The summed E-state index contributed by atoms with van der Waals surface area (Å²) in [7, 11) is 0. The quantitative estimate of drug-likeness (QED) is 0.701. The molecule has 2 rings (SSSR count). The maximum atomic E-state index is 11.2. The predicted molar refractivity (Wildman–Crippen MR) is 53.4 cm³/mol. The van der Waals surface area contributed by atoms with E-state index in [-0.39, 0.29) is 11.7 Å². The number of Topliss-reactive ketones (excluding diaryl/α,β-unsaturated/α-hetero) is 1. The van der Waals surface area contributed by atoms with E-state index in [1.807, 2.05) is 12.1 Å². The third kappa shape index (κ3) is 1.47. The summed E-state index contributed by atoms with van der Waals surface area (Å²) in [6.45, 7) is 0. The summed E-state index contributed by atoms with van der Waals surface area (Å²) in [4.78, 5) is 11.2. The van der Waals surface area contributed by atoms with Crippen molar-refractivity contribution in [1.82, 2.24) is 0 Å². The van der Waals surface area contributed by atoms with Crippen molar-refractivity contribution in [2.45, 2.75) is 18.8 Å².